The molecule has 2 amide bonds. The summed E-state index contributed by atoms with van der Waals surface area (Å²) < 4.78 is 5.48. The van der Waals surface area contributed by atoms with E-state index in [1.165, 1.54) is 0 Å². The van der Waals surface area contributed by atoms with Gasteiger partial charge in [-0.3, -0.25) is 9.59 Å². The summed E-state index contributed by atoms with van der Waals surface area (Å²) in [4.78, 5) is 50.2. The van der Waals surface area contributed by atoms with E-state index in [1.54, 1.807) is 21.9 Å². The standard InChI is InChI=1S/C28H37ClN4O4/c1-5-6-7-20-16-33(23(34)14-18-12-13-32(15-18)27(36)37-28(2,3)4)17-22-24(20)30-25(31-26(22)35)19-8-10-21(29)11-9-19/h8-11,18,20H,5-7,12-17H2,1-4H3,(H,30,31,35). The average molecular weight is 529 g/mol. The molecule has 9 heteroatoms. The van der Waals surface area contributed by atoms with Crippen LogP contribution < -0.4 is 5.56 Å². The molecule has 1 saturated heterocycles. The highest BCUT2D eigenvalue weighted by molar-refractivity contribution is 6.30. The zero-order valence-electron chi connectivity index (χ0n) is 22.2. The lowest BCUT2D eigenvalue weighted by Gasteiger charge is -2.34. The number of benzene rings is 1. The number of nitrogens with one attached hydrogen (secondary N) is 1. The Bertz CT molecular complexity index is 1190. The number of nitrogens with zero attached hydrogens (tertiary/aromatic N) is 3. The minimum Gasteiger partial charge on any atom is -0.444 e. The highest BCUT2D eigenvalue weighted by Gasteiger charge is 2.35. The highest BCUT2D eigenvalue weighted by atomic mass is 35.5. The summed E-state index contributed by atoms with van der Waals surface area (Å²) in [5.41, 5.74) is 1.41. The van der Waals surface area contributed by atoms with Gasteiger partial charge in [0.05, 0.1) is 17.8 Å². The number of carbonyl (C=O) groups excluding carboxylic acids is 2. The molecule has 1 fully saturated rings. The van der Waals surface area contributed by atoms with Crippen molar-refractivity contribution in [2.24, 2.45) is 5.92 Å². The number of rotatable bonds is 6. The van der Waals surface area contributed by atoms with Gasteiger partial charge in [0.2, 0.25) is 5.91 Å². The molecule has 1 aromatic heterocycles. The Hall–Kier alpha value is -2.87. The third-order valence-electron chi connectivity index (χ3n) is 7.00. The van der Waals surface area contributed by atoms with E-state index in [2.05, 4.69) is 11.9 Å². The molecule has 0 spiro atoms. The van der Waals surface area contributed by atoms with Crippen LogP contribution in [0.25, 0.3) is 11.4 Å². The molecule has 2 unspecified atom stereocenters. The fraction of sp³-hybridized carbons (Fsp3) is 0.571. The van der Waals surface area contributed by atoms with E-state index in [-0.39, 0.29) is 35.9 Å². The number of H-pyrrole nitrogens is 1. The number of aromatic amines is 1. The topological polar surface area (TPSA) is 95.6 Å². The summed E-state index contributed by atoms with van der Waals surface area (Å²) in [5, 5.41) is 0.621. The van der Waals surface area contributed by atoms with E-state index in [4.69, 9.17) is 21.3 Å². The smallest absolute Gasteiger partial charge is 0.410 e. The van der Waals surface area contributed by atoms with Crippen LogP contribution in [0, 0.1) is 5.92 Å². The summed E-state index contributed by atoms with van der Waals surface area (Å²) in [7, 11) is 0. The minimum atomic E-state index is -0.547. The zero-order valence-corrected chi connectivity index (χ0v) is 22.9. The van der Waals surface area contributed by atoms with Crippen molar-refractivity contribution in [2.75, 3.05) is 19.6 Å². The van der Waals surface area contributed by atoms with Gasteiger partial charge in [-0.15, -0.1) is 0 Å². The van der Waals surface area contributed by atoms with Gasteiger partial charge in [-0.05, 0) is 63.8 Å². The molecule has 200 valence electrons. The molecular weight excluding hydrogens is 492 g/mol. The van der Waals surface area contributed by atoms with Crippen LogP contribution in [-0.4, -0.2) is 57.0 Å². The van der Waals surface area contributed by atoms with E-state index in [9.17, 15) is 14.4 Å². The third kappa shape index (κ3) is 6.72. The van der Waals surface area contributed by atoms with Crippen LogP contribution in [0.1, 0.15) is 77.0 Å². The predicted molar refractivity (Wildman–Crippen MR) is 144 cm³/mol. The molecule has 8 nitrogen and oxygen atoms in total. The quantitative estimate of drug-likeness (QED) is 0.545. The van der Waals surface area contributed by atoms with Crippen LogP contribution in [0.3, 0.4) is 0 Å². The Morgan fingerprint density at radius 1 is 1.16 bits per heavy atom. The Morgan fingerprint density at radius 3 is 2.57 bits per heavy atom. The first-order chi connectivity index (χ1) is 17.5. The maximum absolute atomic E-state index is 13.4. The second-order valence-corrected chi connectivity index (χ2v) is 11.6. The number of halogens is 1. The Balaban J connectivity index is 1.49. The largest absolute Gasteiger partial charge is 0.444 e. The molecule has 0 aliphatic carbocycles. The lowest BCUT2D eigenvalue weighted by molar-refractivity contribution is -0.133. The lowest BCUT2D eigenvalue weighted by Crippen LogP contribution is -2.42. The molecule has 4 rings (SSSR count). The third-order valence-corrected chi connectivity index (χ3v) is 7.25. The zero-order chi connectivity index (χ0) is 26.7. The molecule has 2 aliphatic heterocycles. The fourth-order valence-corrected chi connectivity index (χ4v) is 5.22. The second-order valence-electron chi connectivity index (χ2n) is 11.2. The molecular formula is C28H37ClN4O4. The Morgan fingerprint density at radius 2 is 1.89 bits per heavy atom. The summed E-state index contributed by atoms with van der Waals surface area (Å²) in [6, 6.07) is 7.24. The van der Waals surface area contributed by atoms with Crippen LogP contribution in [0.5, 0.6) is 0 Å². The summed E-state index contributed by atoms with van der Waals surface area (Å²) in [6.07, 6.45) is 3.66. The first kappa shape index (κ1) is 27.2. The molecule has 1 N–H and O–H groups in total. The SMILES string of the molecule is CCCCC1CN(C(=O)CC2CCN(C(=O)OC(C)(C)C)C2)Cc2c1nc(-c1ccc(Cl)cc1)[nH]c2=O. The number of hydrogen-bond donors (Lipinski definition) is 1. The van der Waals surface area contributed by atoms with E-state index < -0.39 is 5.60 Å². The van der Waals surface area contributed by atoms with Gasteiger partial charge < -0.3 is 19.5 Å². The van der Waals surface area contributed by atoms with E-state index >= 15 is 0 Å². The van der Waals surface area contributed by atoms with Crippen molar-refractivity contribution < 1.29 is 14.3 Å². The van der Waals surface area contributed by atoms with Gasteiger partial charge in [-0.2, -0.15) is 0 Å². The molecule has 3 heterocycles. The van der Waals surface area contributed by atoms with E-state index in [0.29, 0.717) is 42.5 Å². The van der Waals surface area contributed by atoms with Crippen LogP contribution in [0.4, 0.5) is 4.79 Å². The van der Waals surface area contributed by atoms with Crippen molar-refractivity contribution in [3.63, 3.8) is 0 Å². The van der Waals surface area contributed by atoms with Gasteiger partial charge in [-0.1, -0.05) is 31.4 Å². The van der Waals surface area contributed by atoms with Gasteiger partial charge in [0, 0.05) is 42.6 Å². The summed E-state index contributed by atoms with van der Waals surface area (Å²) in [5.74, 6) is 0.626. The first-order valence-corrected chi connectivity index (χ1v) is 13.6. The molecule has 0 bridgehead atoms. The summed E-state index contributed by atoms with van der Waals surface area (Å²) in [6.45, 7) is 9.57. The monoisotopic (exact) mass is 528 g/mol. The summed E-state index contributed by atoms with van der Waals surface area (Å²) >= 11 is 6.03. The van der Waals surface area contributed by atoms with Gasteiger partial charge >= 0.3 is 6.09 Å². The Labute approximate surface area is 223 Å². The maximum Gasteiger partial charge on any atom is 0.410 e. The number of ether oxygens (including phenoxy) is 1. The average Bonchev–Trinajstić information content (AvgIpc) is 3.30. The molecule has 37 heavy (non-hydrogen) atoms. The molecule has 0 saturated carbocycles. The molecule has 1 aromatic carbocycles. The second kappa shape index (κ2) is 11.3. The number of amides is 2. The van der Waals surface area contributed by atoms with Gasteiger partial charge in [0.15, 0.2) is 0 Å². The molecule has 2 atom stereocenters. The van der Waals surface area contributed by atoms with Crippen molar-refractivity contribution in [1.82, 2.24) is 19.8 Å². The number of unbranched alkanes of at least 4 members (excludes halogenated alkanes) is 1. The van der Waals surface area contributed by atoms with Gasteiger partial charge in [-0.25, -0.2) is 9.78 Å². The van der Waals surface area contributed by atoms with Crippen molar-refractivity contribution in [3.05, 3.63) is 50.9 Å². The normalized spacial score (nSPS) is 19.6. The van der Waals surface area contributed by atoms with Crippen molar-refractivity contribution >= 4 is 23.6 Å². The Kier molecular flexibility index (Phi) is 8.26. The van der Waals surface area contributed by atoms with Crippen LogP contribution >= 0.6 is 11.6 Å². The van der Waals surface area contributed by atoms with Crippen molar-refractivity contribution in [2.45, 2.75) is 77.9 Å². The maximum atomic E-state index is 13.4. The lowest BCUT2D eigenvalue weighted by atomic mass is 9.90. The number of aromatic nitrogens is 2. The minimum absolute atomic E-state index is 0.00263. The molecule has 0 radical (unpaired) electrons. The van der Waals surface area contributed by atoms with Crippen LogP contribution in [-0.2, 0) is 16.1 Å². The number of hydrogen-bond acceptors (Lipinski definition) is 5. The van der Waals surface area contributed by atoms with Crippen molar-refractivity contribution in [1.29, 1.82) is 0 Å². The van der Waals surface area contributed by atoms with E-state index in [0.717, 1.165) is 36.9 Å². The number of carbonyl (C=O) groups is 2. The van der Waals surface area contributed by atoms with Gasteiger partial charge in [0.1, 0.15) is 11.4 Å². The number of likely N-dealkylation sites (tertiary alicyclic amines) is 1. The van der Waals surface area contributed by atoms with Gasteiger partial charge in [0.25, 0.3) is 5.56 Å². The molecule has 2 aliphatic rings. The van der Waals surface area contributed by atoms with Crippen LogP contribution in [0.15, 0.2) is 29.1 Å². The van der Waals surface area contributed by atoms with E-state index in [1.807, 2.05) is 32.9 Å². The number of fused-ring (bicyclic) bond motifs is 1. The first-order valence-electron chi connectivity index (χ1n) is 13.2. The predicted octanol–water partition coefficient (Wildman–Crippen LogP) is 5.35. The van der Waals surface area contributed by atoms with Crippen molar-refractivity contribution in [3.8, 4) is 11.4 Å². The fourth-order valence-electron chi connectivity index (χ4n) is 5.09. The highest BCUT2D eigenvalue weighted by Crippen LogP contribution is 2.32. The molecule has 2 aromatic rings. The van der Waals surface area contributed by atoms with Crippen LogP contribution in [0.2, 0.25) is 5.02 Å².